The maximum absolute atomic E-state index is 12.7. The highest BCUT2D eigenvalue weighted by atomic mass is 16.6. The van der Waals surface area contributed by atoms with E-state index < -0.39 is 24.0 Å². The van der Waals surface area contributed by atoms with E-state index in [1.807, 2.05) is 0 Å². The van der Waals surface area contributed by atoms with Crippen LogP contribution in [0.4, 0.5) is 10.5 Å². The number of amides is 3. The van der Waals surface area contributed by atoms with E-state index in [0.717, 1.165) is 0 Å². The molecule has 3 amide bonds. The summed E-state index contributed by atoms with van der Waals surface area (Å²) >= 11 is 0. The quantitative estimate of drug-likeness (QED) is 0.586. The molecule has 2 atom stereocenters. The average Bonchev–Trinajstić information content (AvgIpc) is 2.89. The maximum atomic E-state index is 12.7. The fourth-order valence-corrected chi connectivity index (χ4v) is 3.22. The lowest BCUT2D eigenvalue weighted by Crippen LogP contribution is -2.54. The molecule has 2 aliphatic heterocycles. The second-order valence-corrected chi connectivity index (χ2v) is 7.63. The number of ether oxygens (including phenoxy) is 1. The summed E-state index contributed by atoms with van der Waals surface area (Å²) in [5.41, 5.74) is 6.34. The molecule has 9 nitrogen and oxygen atoms in total. The van der Waals surface area contributed by atoms with Crippen LogP contribution in [-0.4, -0.2) is 45.8 Å². The normalized spacial score (nSPS) is 22.1. The van der Waals surface area contributed by atoms with E-state index in [1.54, 1.807) is 39.0 Å². The van der Waals surface area contributed by atoms with Crippen LogP contribution in [-0.2, 0) is 16.1 Å². The molecule has 1 fully saturated rings. The molecule has 0 aromatic heterocycles. The lowest BCUT2D eigenvalue weighted by molar-refractivity contribution is -0.132. The molecule has 27 heavy (non-hydrogen) atoms. The summed E-state index contributed by atoms with van der Waals surface area (Å²) in [4.78, 5) is 38.2. The molecule has 1 aromatic carbocycles. The number of hydrogen-bond donors (Lipinski definition) is 4. The van der Waals surface area contributed by atoms with Gasteiger partial charge in [-0.25, -0.2) is 10.2 Å². The second-order valence-electron chi connectivity index (χ2n) is 7.63. The molecule has 3 rings (SSSR count). The van der Waals surface area contributed by atoms with Crippen molar-refractivity contribution in [2.75, 3.05) is 5.43 Å². The zero-order chi connectivity index (χ0) is 19.8. The van der Waals surface area contributed by atoms with Gasteiger partial charge in [0.25, 0.3) is 5.91 Å². The predicted molar refractivity (Wildman–Crippen MR) is 96.5 cm³/mol. The zero-order valence-corrected chi connectivity index (χ0v) is 15.5. The SMILES string of the molecule is CC(C)(C)OC(=O)NNc1cccc2c1CN(C1CCC(O)NC1=O)C2=O. The van der Waals surface area contributed by atoms with Crippen molar-refractivity contribution < 1.29 is 24.2 Å². The first-order chi connectivity index (χ1) is 12.7. The maximum Gasteiger partial charge on any atom is 0.426 e. The van der Waals surface area contributed by atoms with E-state index in [-0.39, 0.29) is 18.4 Å². The number of carbonyl (C=O) groups excluding carboxylic acids is 3. The summed E-state index contributed by atoms with van der Waals surface area (Å²) < 4.78 is 5.17. The van der Waals surface area contributed by atoms with Crippen molar-refractivity contribution in [2.45, 2.75) is 58.0 Å². The van der Waals surface area contributed by atoms with E-state index in [9.17, 15) is 19.5 Å². The second kappa shape index (κ2) is 7.07. The molecule has 0 saturated carbocycles. The highest BCUT2D eigenvalue weighted by Gasteiger charge is 2.39. The highest BCUT2D eigenvalue weighted by Crippen LogP contribution is 2.32. The Morgan fingerprint density at radius 3 is 2.70 bits per heavy atom. The van der Waals surface area contributed by atoms with Gasteiger partial charge in [0.2, 0.25) is 5.91 Å². The molecular weight excluding hydrogens is 352 g/mol. The molecule has 0 bridgehead atoms. The average molecular weight is 376 g/mol. The first kappa shape index (κ1) is 19.0. The first-order valence-corrected chi connectivity index (χ1v) is 8.82. The Hall–Kier alpha value is -2.81. The van der Waals surface area contributed by atoms with Gasteiger partial charge < -0.3 is 20.1 Å². The van der Waals surface area contributed by atoms with Gasteiger partial charge in [-0.15, -0.1) is 0 Å². The van der Waals surface area contributed by atoms with Crippen molar-refractivity contribution in [2.24, 2.45) is 0 Å². The smallest absolute Gasteiger partial charge is 0.426 e. The van der Waals surface area contributed by atoms with Crippen molar-refractivity contribution in [1.82, 2.24) is 15.6 Å². The minimum atomic E-state index is -0.871. The summed E-state index contributed by atoms with van der Waals surface area (Å²) in [6.45, 7) is 5.52. The van der Waals surface area contributed by atoms with Gasteiger partial charge in [0.05, 0.1) is 5.69 Å². The molecule has 0 aliphatic carbocycles. The van der Waals surface area contributed by atoms with Gasteiger partial charge in [0.15, 0.2) is 0 Å². The van der Waals surface area contributed by atoms with E-state index >= 15 is 0 Å². The summed E-state index contributed by atoms with van der Waals surface area (Å²) in [6, 6.07) is 4.49. The van der Waals surface area contributed by atoms with Crippen LogP contribution >= 0.6 is 0 Å². The summed E-state index contributed by atoms with van der Waals surface area (Å²) in [5.74, 6) is -0.612. The number of rotatable bonds is 3. The molecule has 146 valence electrons. The Kier molecular flexibility index (Phi) is 4.97. The number of aliphatic hydroxyl groups excluding tert-OH is 1. The fourth-order valence-electron chi connectivity index (χ4n) is 3.22. The molecular formula is C18H24N4O5. The monoisotopic (exact) mass is 376 g/mol. The van der Waals surface area contributed by atoms with Crippen molar-refractivity contribution in [3.8, 4) is 0 Å². The number of fused-ring (bicyclic) bond motifs is 1. The highest BCUT2D eigenvalue weighted by molar-refractivity contribution is 6.02. The molecule has 1 saturated heterocycles. The Bertz CT molecular complexity index is 774. The van der Waals surface area contributed by atoms with Gasteiger partial charge >= 0.3 is 6.09 Å². The number of hydrogen-bond acceptors (Lipinski definition) is 6. The fraction of sp³-hybridized carbons (Fsp3) is 0.500. The molecule has 4 N–H and O–H groups in total. The van der Waals surface area contributed by atoms with Gasteiger partial charge in [-0.05, 0) is 45.7 Å². The van der Waals surface area contributed by atoms with Gasteiger partial charge in [0, 0.05) is 17.7 Å². The number of piperidine rings is 1. The predicted octanol–water partition coefficient (Wildman–Crippen LogP) is 1.09. The minimum Gasteiger partial charge on any atom is -0.443 e. The van der Waals surface area contributed by atoms with Gasteiger partial charge in [-0.1, -0.05) is 6.07 Å². The largest absolute Gasteiger partial charge is 0.443 e. The molecule has 2 aliphatic rings. The summed E-state index contributed by atoms with van der Waals surface area (Å²) in [7, 11) is 0. The number of anilines is 1. The third-order valence-electron chi connectivity index (χ3n) is 4.40. The van der Waals surface area contributed by atoms with E-state index in [2.05, 4.69) is 16.2 Å². The minimum absolute atomic E-state index is 0.238. The van der Waals surface area contributed by atoms with Crippen LogP contribution in [0, 0.1) is 0 Å². The number of carbonyl (C=O) groups is 3. The first-order valence-electron chi connectivity index (χ1n) is 8.82. The standard InChI is InChI=1S/C18H24N4O5/c1-18(2,3)27-17(26)21-20-12-6-4-5-10-11(12)9-22(16(10)25)13-7-8-14(23)19-15(13)24/h4-6,13-14,20,23H,7-9H2,1-3H3,(H,19,24)(H,21,26). The van der Waals surface area contributed by atoms with Crippen LogP contribution in [0.1, 0.15) is 49.5 Å². The van der Waals surface area contributed by atoms with Crippen LogP contribution in [0.15, 0.2) is 18.2 Å². The van der Waals surface area contributed by atoms with Gasteiger partial charge in [-0.2, -0.15) is 0 Å². The van der Waals surface area contributed by atoms with Crippen molar-refractivity contribution in [1.29, 1.82) is 0 Å². The van der Waals surface area contributed by atoms with Crippen molar-refractivity contribution in [3.63, 3.8) is 0 Å². The van der Waals surface area contributed by atoms with E-state index in [0.29, 0.717) is 29.7 Å². The van der Waals surface area contributed by atoms with Crippen LogP contribution in [0.5, 0.6) is 0 Å². The zero-order valence-electron chi connectivity index (χ0n) is 15.5. The number of hydrazine groups is 1. The Morgan fingerprint density at radius 2 is 2.04 bits per heavy atom. The van der Waals surface area contributed by atoms with Crippen molar-refractivity contribution in [3.05, 3.63) is 29.3 Å². The Labute approximate surface area is 157 Å². The number of nitrogens with zero attached hydrogens (tertiary/aromatic N) is 1. The molecule has 9 heteroatoms. The van der Waals surface area contributed by atoms with Gasteiger partial charge in [0.1, 0.15) is 17.9 Å². The van der Waals surface area contributed by atoms with Gasteiger partial charge in [-0.3, -0.25) is 15.0 Å². The third-order valence-corrected chi connectivity index (χ3v) is 4.40. The van der Waals surface area contributed by atoms with Crippen LogP contribution in [0.3, 0.4) is 0 Å². The summed E-state index contributed by atoms with van der Waals surface area (Å²) in [5, 5.41) is 12.0. The number of aliphatic hydroxyl groups is 1. The van der Waals surface area contributed by atoms with Crippen molar-refractivity contribution >= 4 is 23.6 Å². The molecule has 2 heterocycles. The molecule has 2 unspecified atom stereocenters. The summed E-state index contributed by atoms with van der Waals surface area (Å²) in [6.07, 6.45) is -0.723. The molecule has 0 radical (unpaired) electrons. The third kappa shape index (κ3) is 4.13. The Balaban J connectivity index is 1.72. The molecule has 1 aromatic rings. The van der Waals surface area contributed by atoms with E-state index in [4.69, 9.17) is 4.74 Å². The lowest BCUT2D eigenvalue weighted by Gasteiger charge is -2.32. The number of benzene rings is 1. The van der Waals surface area contributed by atoms with Crippen LogP contribution in [0.2, 0.25) is 0 Å². The van der Waals surface area contributed by atoms with Crippen LogP contribution in [0.25, 0.3) is 0 Å². The Morgan fingerprint density at radius 1 is 1.30 bits per heavy atom. The lowest BCUT2D eigenvalue weighted by atomic mass is 10.0. The van der Waals surface area contributed by atoms with Crippen LogP contribution < -0.4 is 16.2 Å². The number of nitrogens with one attached hydrogen (secondary N) is 3. The van der Waals surface area contributed by atoms with E-state index in [1.165, 1.54) is 4.90 Å². The molecule has 0 spiro atoms. The topological polar surface area (TPSA) is 120 Å².